The Morgan fingerprint density at radius 1 is 1.23 bits per heavy atom. The summed E-state index contributed by atoms with van der Waals surface area (Å²) in [6.07, 6.45) is 0.0788. The Morgan fingerprint density at radius 2 is 1.95 bits per heavy atom. The number of nitrogens with one attached hydrogen (secondary N) is 1. The maximum Gasteiger partial charge on any atom is 0.304 e. The largest absolute Gasteiger partial charge is 0.497 e. The van der Waals surface area contributed by atoms with Crippen molar-refractivity contribution in [3.8, 4) is 5.75 Å². The van der Waals surface area contributed by atoms with Gasteiger partial charge in [-0.1, -0.05) is 6.07 Å². The number of ether oxygens (including phenoxy) is 1. The maximum absolute atomic E-state index is 12.1. The monoisotopic (exact) mass is 319 g/mol. The lowest BCUT2D eigenvalue weighted by Crippen LogP contribution is -2.17. The van der Waals surface area contributed by atoms with Crippen LogP contribution < -0.4 is 10.1 Å². The van der Waals surface area contributed by atoms with Crippen molar-refractivity contribution in [2.45, 2.75) is 18.8 Å². The zero-order valence-corrected chi connectivity index (χ0v) is 12.9. The predicted molar refractivity (Wildman–Crippen MR) is 85.6 cm³/mol. The van der Waals surface area contributed by atoms with E-state index in [2.05, 4.69) is 5.32 Å². The summed E-state index contributed by atoms with van der Waals surface area (Å²) in [4.78, 5) is 24.0. The molecule has 2 rings (SSSR count). The van der Waals surface area contributed by atoms with Crippen molar-refractivity contribution in [1.29, 1.82) is 0 Å². The molecule has 1 amide bonds. The van der Waals surface area contributed by atoms with Crippen LogP contribution in [-0.2, 0) is 9.59 Å². The first-order valence-corrected chi connectivity index (χ1v) is 7.65. The Balaban J connectivity index is 1.99. The van der Waals surface area contributed by atoms with E-state index in [1.54, 1.807) is 31.4 Å². The fourth-order valence-electron chi connectivity index (χ4n) is 2.12. The second-order valence-electron chi connectivity index (χ2n) is 4.79. The van der Waals surface area contributed by atoms with Crippen LogP contribution in [0.3, 0.4) is 0 Å². The smallest absolute Gasteiger partial charge is 0.304 e. The molecule has 1 aromatic heterocycles. The molecule has 0 unspecified atom stereocenters. The highest BCUT2D eigenvalue weighted by molar-refractivity contribution is 7.10. The molecule has 0 radical (unpaired) electrons. The number of carboxylic acid groups (broad SMARTS) is 1. The van der Waals surface area contributed by atoms with Crippen molar-refractivity contribution < 1.29 is 19.4 Å². The summed E-state index contributed by atoms with van der Waals surface area (Å²) in [6, 6.07) is 10.7. The van der Waals surface area contributed by atoms with Gasteiger partial charge in [0.05, 0.1) is 13.5 Å². The fraction of sp³-hybridized carbons (Fsp3) is 0.250. The maximum atomic E-state index is 12.1. The van der Waals surface area contributed by atoms with Crippen LogP contribution in [0.1, 0.15) is 23.6 Å². The molecule has 6 heteroatoms. The van der Waals surface area contributed by atoms with Crippen LogP contribution >= 0.6 is 11.3 Å². The van der Waals surface area contributed by atoms with Crippen LogP contribution in [0, 0.1) is 0 Å². The van der Waals surface area contributed by atoms with Crippen molar-refractivity contribution in [3.63, 3.8) is 0 Å². The number of methoxy groups -OCH3 is 1. The van der Waals surface area contributed by atoms with Gasteiger partial charge in [0.2, 0.25) is 5.91 Å². The first kappa shape index (κ1) is 16.0. The number of carbonyl (C=O) groups excluding carboxylic acids is 1. The van der Waals surface area contributed by atoms with Gasteiger partial charge in [-0.05, 0) is 35.7 Å². The Hall–Kier alpha value is -2.34. The molecular formula is C16H17NO4S. The second kappa shape index (κ2) is 7.61. The van der Waals surface area contributed by atoms with Crippen molar-refractivity contribution in [3.05, 3.63) is 46.7 Å². The predicted octanol–water partition coefficient (Wildman–Crippen LogP) is 3.34. The highest BCUT2D eigenvalue weighted by Gasteiger charge is 2.20. The Labute approximate surface area is 132 Å². The van der Waals surface area contributed by atoms with E-state index in [0.29, 0.717) is 11.4 Å². The molecule has 5 nitrogen and oxygen atoms in total. The molecule has 116 valence electrons. The molecule has 0 aliphatic carbocycles. The van der Waals surface area contributed by atoms with Crippen LogP contribution in [0.25, 0.3) is 0 Å². The molecule has 0 saturated carbocycles. The quantitative estimate of drug-likeness (QED) is 0.820. The minimum absolute atomic E-state index is 0.0590. The van der Waals surface area contributed by atoms with E-state index in [1.807, 2.05) is 17.5 Å². The normalized spacial score (nSPS) is 11.7. The summed E-state index contributed by atoms with van der Waals surface area (Å²) in [5.74, 6) is -0.712. The van der Waals surface area contributed by atoms with Crippen LogP contribution in [0.5, 0.6) is 5.75 Å². The molecule has 0 spiro atoms. The van der Waals surface area contributed by atoms with Gasteiger partial charge in [-0.15, -0.1) is 11.3 Å². The van der Waals surface area contributed by atoms with Gasteiger partial charge in [0.25, 0.3) is 0 Å². The van der Waals surface area contributed by atoms with Crippen molar-refractivity contribution in [2.75, 3.05) is 12.4 Å². The first-order chi connectivity index (χ1) is 10.6. The third-order valence-corrected chi connectivity index (χ3v) is 4.21. The summed E-state index contributed by atoms with van der Waals surface area (Å²) in [5, 5.41) is 13.7. The van der Waals surface area contributed by atoms with Crippen molar-refractivity contribution >= 4 is 28.9 Å². The number of carbonyl (C=O) groups is 2. The average molecular weight is 319 g/mol. The second-order valence-corrected chi connectivity index (χ2v) is 5.77. The summed E-state index contributed by atoms with van der Waals surface area (Å²) < 4.78 is 5.05. The van der Waals surface area contributed by atoms with Gasteiger partial charge in [0.1, 0.15) is 5.75 Å². The molecule has 2 N–H and O–H groups in total. The molecule has 1 atom stereocenters. The van der Waals surface area contributed by atoms with E-state index in [9.17, 15) is 9.59 Å². The molecule has 2 aromatic rings. The van der Waals surface area contributed by atoms with E-state index in [4.69, 9.17) is 9.84 Å². The molecule has 1 aromatic carbocycles. The third kappa shape index (κ3) is 4.60. The average Bonchev–Trinajstić information content (AvgIpc) is 3.01. The molecule has 0 aliphatic heterocycles. The lowest BCUT2D eigenvalue weighted by atomic mass is 9.99. The third-order valence-electron chi connectivity index (χ3n) is 3.17. The molecule has 0 bridgehead atoms. The number of thiophene rings is 1. The minimum atomic E-state index is -0.907. The van der Waals surface area contributed by atoms with Crippen molar-refractivity contribution in [2.24, 2.45) is 0 Å². The standard InChI is InChI=1S/C16H17NO4S/c1-21-13-6-4-12(5-7-13)17-15(18)9-11(10-16(19)20)14-3-2-8-22-14/h2-8,11H,9-10H2,1H3,(H,17,18)(H,19,20)/t11-/m1/s1. The SMILES string of the molecule is COc1ccc(NC(=O)C[C@H](CC(=O)O)c2cccs2)cc1. The molecule has 22 heavy (non-hydrogen) atoms. The number of rotatable bonds is 7. The molecule has 0 saturated heterocycles. The fourth-order valence-corrected chi connectivity index (χ4v) is 2.95. The van der Waals surface area contributed by atoms with E-state index < -0.39 is 5.97 Å². The topological polar surface area (TPSA) is 75.6 Å². The van der Waals surface area contributed by atoms with Crippen LogP contribution in [-0.4, -0.2) is 24.1 Å². The van der Waals surface area contributed by atoms with Gasteiger partial charge >= 0.3 is 5.97 Å². The van der Waals surface area contributed by atoms with E-state index in [1.165, 1.54) is 11.3 Å². The summed E-state index contributed by atoms with van der Waals surface area (Å²) >= 11 is 1.47. The Bertz CT molecular complexity index is 622. The van der Waals surface area contributed by atoms with E-state index in [0.717, 1.165) is 4.88 Å². The number of aliphatic carboxylic acids is 1. The first-order valence-electron chi connectivity index (χ1n) is 6.77. The van der Waals surface area contributed by atoms with E-state index in [-0.39, 0.29) is 24.7 Å². The summed E-state index contributed by atoms with van der Waals surface area (Å²) in [6.45, 7) is 0. The highest BCUT2D eigenvalue weighted by Crippen LogP contribution is 2.28. The lowest BCUT2D eigenvalue weighted by molar-refractivity contribution is -0.137. The van der Waals surface area contributed by atoms with Gasteiger partial charge in [-0.2, -0.15) is 0 Å². The minimum Gasteiger partial charge on any atom is -0.497 e. The lowest BCUT2D eigenvalue weighted by Gasteiger charge is -2.13. The van der Waals surface area contributed by atoms with Gasteiger partial charge in [0.15, 0.2) is 0 Å². The number of amides is 1. The number of anilines is 1. The Kier molecular flexibility index (Phi) is 5.55. The zero-order chi connectivity index (χ0) is 15.9. The van der Waals surface area contributed by atoms with Gasteiger partial charge in [-0.3, -0.25) is 9.59 Å². The highest BCUT2D eigenvalue weighted by atomic mass is 32.1. The number of hydrogen-bond donors (Lipinski definition) is 2. The van der Waals surface area contributed by atoms with Gasteiger partial charge in [0, 0.05) is 22.9 Å². The summed E-state index contributed by atoms with van der Waals surface area (Å²) in [7, 11) is 1.57. The van der Waals surface area contributed by atoms with E-state index >= 15 is 0 Å². The van der Waals surface area contributed by atoms with Gasteiger partial charge in [-0.25, -0.2) is 0 Å². The van der Waals surface area contributed by atoms with Crippen molar-refractivity contribution in [1.82, 2.24) is 0 Å². The molecule has 0 aliphatic rings. The zero-order valence-electron chi connectivity index (χ0n) is 12.1. The molecular weight excluding hydrogens is 302 g/mol. The van der Waals surface area contributed by atoms with Crippen LogP contribution in [0.4, 0.5) is 5.69 Å². The summed E-state index contributed by atoms with van der Waals surface area (Å²) in [5.41, 5.74) is 0.658. The van der Waals surface area contributed by atoms with Gasteiger partial charge < -0.3 is 15.2 Å². The number of hydrogen-bond acceptors (Lipinski definition) is 4. The van der Waals surface area contributed by atoms with Crippen LogP contribution in [0.2, 0.25) is 0 Å². The molecule has 1 heterocycles. The number of carboxylic acids is 1. The molecule has 0 fully saturated rings. The van der Waals surface area contributed by atoms with Crippen LogP contribution in [0.15, 0.2) is 41.8 Å². The number of benzene rings is 1. The Morgan fingerprint density at radius 3 is 2.50 bits per heavy atom.